The Hall–Kier alpha value is 0.0200. The van der Waals surface area contributed by atoms with Crippen molar-refractivity contribution >= 4 is 17.7 Å². The maximum atomic E-state index is 12.4. The van der Waals surface area contributed by atoms with Crippen LogP contribution in [0.1, 0.15) is 34.6 Å². The monoisotopic (exact) mass is 332 g/mol. The summed E-state index contributed by atoms with van der Waals surface area (Å²) < 4.78 is 54.6. The van der Waals surface area contributed by atoms with E-state index in [2.05, 4.69) is 4.18 Å². The number of ether oxygens (including phenoxy) is 1. The molecular weight excluding hydrogens is 307 g/mol. The van der Waals surface area contributed by atoms with Crippen molar-refractivity contribution in [3.63, 3.8) is 0 Å². The molecule has 0 aliphatic carbocycles. The molecule has 9 heteroatoms. The average Bonchev–Trinajstić information content (AvgIpc) is 2.20. The summed E-state index contributed by atoms with van der Waals surface area (Å²) in [4.78, 5) is 0. The van der Waals surface area contributed by atoms with Crippen molar-refractivity contribution in [2.75, 3.05) is 19.2 Å². The molecule has 0 N–H and O–H groups in total. The van der Waals surface area contributed by atoms with E-state index in [0.29, 0.717) is 0 Å². The molecule has 0 spiro atoms. The molecule has 0 bridgehead atoms. The van der Waals surface area contributed by atoms with Crippen molar-refractivity contribution in [3.05, 3.63) is 0 Å². The highest BCUT2D eigenvalue weighted by molar-refractivity contribution is 7.85. The predicted molar refractivity (Wildman–Crippen MR) is 76.3 cm³/mol. The van der Waals surface area contributed by atoms with Gasteiger partial charge in [-0.3, -0.25) is 8.75 Å². The third-order valence-electron chi connectivity index (χ3n) is 1.78. The molecule has 0 aromatic heterocycles. The van der Waals surface area contributed by atoms with Gasteiger partial charge in [0.25, 0.3) is 10.1 Å². The zero-order valence-electron chi connectivity index (χ0n) is 12.9. The highest BCUT2D eigenvalue weighted by Gasteiger charge is 2.29. The zero-order valence-corrected chi connectivity index (χ0v) is 14.6. The van der Waals surface area contributed by atoms with Gasteiger partial charge in [0.2, 0.25) is 0 Å². The van der Waals surface area contributed by atoms with Crippen LogP contribution in [0.4, 0.5) is 0 Å². The van der Waals surface area contributed by atoms with E-state index in [0.717, 1.165) is 6.26 Å². The predicted octanol–water partition coefficient (Wildman–Crippen LogP) is 2.37. The second kappa shape index (κ2) is 8.46. The Morgan fingerprint density at radius 3 is 1.80 bits per heavy atom. The fourth-order valence-electron chi connectivity index (χ4n) is 1.21. The molecule has 0 saturated heterocycles. The van der Waals surface area contributed by atoms with E-state index in [4.69, 9.17) is 13.8 Å². The standard InChI is InChI=1S/C11H25O7PS/c1-9(2)17-19(12,18-10(3)4)8-15-11(5)7-16-20(6,13)14/h9-11H,7-8H2,1-6H3/t11-/m0/s1. The van der Waals surface area contributed by atoms with Gasteiger partial charge in [0.05, 0.1) is 31.2 Å². The fraction of sp³-hybridized carbons (Fsp3) is 1.00. The lowest BCUT2D eigenvalue weighted by atomic mass is 10.4. The Balaban J connectivity index is 4.42. The van der Waals surface area contributed by atoms with Gasteiger partial charge in [-0.05, 0) is 34.6 Å². The van der Waals surface area contributed by atoms with Gasteiger partial charge in [-0.15, -0.1) is 0 Å². The Kier molecular flexibility index (Phi) is 8.47. The molecule has 0 aromatic carbocycles. The van der Waals surface area contributed by atoms with E-state index in [1.54, 1.807) is 34.6 Å². The third kappa shape index (κ3) is 10.8. The van der Waals surface area contributed by atoms with Crippen LogP contribution < -0.4 is 0 Å². The van der Waals surface area contributed by atoms with Crippen molar-refractivity contribution < 1.29 is 31.0 Å². The average molecular weight is 332 g/mol. The van der Waals surface area contributed by atoms with Gasteiger partial charge >= 0.3 is 7.60 Å². The Morgan fingerprint density at radius 1 is 1.00 bits per heavy atom. The molecular formula is C11H25O7PS. The first-order valence-electron chi connectivity index (χ1n) is 6.35. The molecule has 0 aromatic rings. The van der Waals surface area contributed by atoms with Crippen LogP contribution in [0.3, 0.4) is 0 Å². The lowest BCUT2D eigenvalue weighted by Gasteiger charge is -2.24. The van der Waals surface area contributed by atoms with Crippen LogP contribution in [0.5, 0.6) is 0 Å². The van der Waals surface area contributed by atoms with E-state index in [-0.39, 0.29) is 25.2 Å². The van der Waals surface area contributed by atoms with Crippen LogP contribution in [0.25, 0.3) is 0 Å². The molecule has 0 aliphatic rings. The molecule has 1 atom stereocenters. The minimum atomic E-state index is -3.52. The van der Waals surface area contributed by atoms with E-state index < -0.39 is 23.8 Å². The van der Waals surface area contributed by atoms with Gasteiger partial charge < -0.3 is 13.8 Å². The fourth-order valence-corrected chi connectivity index (χ4v) is 3.55. The largest absolute Gasteiger partial charge is 0.363 e. The summed E-state index contributed by atoms with van der Waals surface area (Å²) in [5.74, 6) is 0. The van der Waals surface area contributed by atoms with E-state index in [9.17, 15) is 13.0 Å². The van der Waals surface area contributed by atoms with Crippen molar-refractivity contribution in [1.82, 2.24) is 0 Å². The van der Waals surface area contributed by atoms with Gasteiger partial charge in [0, 0.05) is 0 Å². The topological polar surface area (TPSA) is 88.1 Å². The zero-order chi connectivity index (χ0) is 16.0. The Labute approximate surface area is 121 Å². The molecule has 0 heterocycles. The number of rotatable bonds is 10. The van der Waals surface area contributed by atoms with Gasteiger partial charge in [-0.25, -0.2) is 0 Å². The van der Waals surface area contributed by atoms with Gasteiger partial charge in [-0.1, -0.05) is 0 Å². The second-order valence-corrected chi connectivity index (χ2v) is 8.56. The first kappa shape index (κ1) is 20.0. The van der Waals surface area contributed by atoms with Crippen LogP contribution in [0.15, 0.2) is 0 Å². The molecule has 0 saturated carbocycles. The quantitative estimate of drug-likeness (QED) is 0.448. The summed E-state index contributed by atoms with van der Waals surface area (Å²) in [6.07, 6.45) is -0.396. The summed E-state index contributed by atoms with van der Waals surface area (Å²) in [5.41, 5.74) is 0. The van der Waals surface area contributed by atoms with Crippen molar-refractivity contribution in [2.24, 2.45) is 0 Å². The molecule has 0 amide bonds. The lowest BCUT2D eigenvalue weighted by Crippen LogP contribution is -2.21. The first-order chi connectivity index (χ1) is 8.93. The molecule has 0 rings (SSSR count). The number of hydrogen-bond donors (Lipinski definition) is 0. The van der Waals surface area contributed by atoms with E-state index in [1.165, 1.54) is 0 Å². The molecule has 122 valence electrons. The smallest absolute Gasteiger partial charge is 0.356 e. The summed E-state index contributed by atoms with van der Waals surface area (Å²) in [6, 6.07) is 0. The summed E-state index contributed by atoms with van der Waals surface area (Å²) >= 11 is 0. The molecule has 0 fully saturated rings. The Morgan fingerprint density at radius 2 is 1.45 bits per heavy atom. The maximum Gasteiger partial charge on any atom is 0.356 e. The summed E-state index contributed by atoms with van der Waals surface area (Å²) in [7, 11) is -6.90. The van der Waals surface area contributed by atoms with Gasteiger partial charge in [-0.2, -0.15) is 8.42 Å². The summed E-state index contributed by atoms with van der Waals surface area (Å²) in [6.45, 7) is 8.43. The van der Waals surface area contributed by atoms with Crippen molar-refractivity contribution in [2.45, 2.75) is 52.9 Å². The third-order valence-corrected chi connectivity index (χ3v) is 4.29. The molecule has 20 heavy (non-hydrogen) atoms. The SMILES string of the molecule is CC(C)OP(=O)(CO[C@@H](C)COS(C)(=O)=O)OC(C)C. The Bertz CT molecular complexity index is 404. The van der Waals surface area contributed by atoms with E-state index >= 15 is 0 Å². The second-order valence-electron chi connectivity index (χ2n) is 5.01. The maximum absolute atomic E-state index is 12.4. The summed E-state index contributed by atoms with van der Waals surface area (Å²) in [5, 5.41) is 0. The highest BCUT2D eigenvalue weighted by atomic mass is 32.2. The van der Waals surface area contributed by atoms with Gasteiger partial charge in [0.15, 0.2) is 0 Å². The van der Waals surface area contributed by atoms with Crippen LogP contribution in [0, 0.1) is 0 Å². The lowest BCUT2D eigenvalue weighted by molar-refractivity contribution is 0.0385. The molecule has 7 nitrogen and oxygen atoms in total. The molecule has 0 radical (unpaired) electrons. The van der Waals surface area contributed by atoms with Gasteiger partial charge in [0.1, 0.15) is 6.35 Å². The molecule has 0 aliphatic heterocycles. The van der Waals surface area contributed by atoms with Crippen LogP contribution in [0.2, 0.25) is 0 Å². The molecule has 0 unspecified atom stereocenters. The van der Waals surface area contributed by atoms with Crippen molar-refractivity contribution in [1.29, 1.82) is 0 Å². The van der Waals surface area contributed by atoms with Crippen molar-refractivity contribution in [3.8, 4) is 0 Å². The minimum absolute atomic E-state index is 0.151. The minimum Gasteiger partial charge on any atom is -0.363 e. The van der Waals surface area contributed by atoms with E-state index in [1.807, 2.05) is 0 Å². The van der Waals surface area contributed by atoms with Crippen LogP contribution >= 0.6 is 7.60 Å². The highest BCUT2D eigenvalue weighted by Crippen LogP contribution is 2.50. The first-order valence-corrected chi connectivity index (χ1v) is 9.90. The normalized spacial score (nSPS) is 15.0. The van der Waals surface area contributed by atoms with Crippen LogP contribution in [-0.2, 0) is 32.7 Å². The van der Waals surface area contributed by atoms with Crippen LogP contribution in [-0.4, -0.2) is 45.9 Å². The number of hydrogen-bond acceptors (Lipinski definition) is 7.